The Balaban J connectivity index is 2.44. The van der Waals surface area contributed by atoms with Crippen molar-refractivity contribution >= 4 is 0 Å². The number of aliphatic hydroxyl groups excluding tert-OH is 2. The molecule has 4 atom stereocenters. The Kier molecular flexibility index (Phi) is 3.85. The molecule has 8 nitrogen and oxygen atoms in total. The predicted octanol–water partition coefficient (Wildman–Crippen LogP) is -1.89. The molecule has 1 fully saturated rings. The number of aryl methyl sites for hydroxylation is 1. The molecular formula is C11H16N2O6. The number of nitrogens with zero attached hydrogens (tertiary/aromatic N) is 1. The van der Waals surface area contributed by atoms with Gasteiger partial charge in [0.05, 0.1) is 6.61 Å². The van der Waals surface area contributed by atoms with Crippen molar-refractivity contribution in [3.8, 4) is 0 Å². The van der Waals surface area contributed by atoms with Gasteiger partial charge in [0.25, 0.3) is 5.56 Å². The van der Waals surface area contributed by atoms with Gasteiger partial charge in [-0.3, -0.25) is 14.3 Å². The maximum atomic E-state index is 11.8. The lowest BCUT2D eigenvalue weighted by molar-refractivity contribution is -0.0626. The summed E-state index contributed by atoms with van der Waals surface area (Å²) in [4.78, 5) is 25.2. The van der Waals surface area contributed by atoms with Crippen LogP contribution in [0.25, 0.3) is 0 Å². The molecule has 19 heavy (non-hydrogen) atoms. The minimum absolute atomic E-state index is 0.333. The van der Waals surface area contributed by atoms with Gasteiger partial charge < -0.3 is 19.7 Å². The van der Waals surface area contributed by atoms with Crippen molar-refractivity contribution in [1.29, 1.82) is 0 Å². The predicted molar refractivity (Wildman–Crippen MR) is 63.9 cm³/mol. The van der Waals surface area contributed by atoms with E-state index < -0.39 is 42.4 Å². The third kappa shape index (κ3) is 2.35. The van der Waals surface area contributed by atoms with Crippen LogP contribution >= 0.6 is 0 Å². The normalized spacial score (nSPS) is 30.7. The number of ether oxygens (including phenoxy) is 2. The van der Waals surface area contributed by atoms with Crippen LogP contribution in [0.4, 0.5) is 0 Å². The SMILES string of the molecule is CO[C@H]1[C@H](O)[C@@H](CO)O[C@@H]1n1cc(C)c(=O)[nH]c1=O. The van der Waals surface area contributed by atoms with Gasteiger partial charge in [-0.15, -0.1) is 0 Å². The van der Waals surface area contributed by atoms with E-state index >= 15 is 0 Å². The highest BCUT2D eigenvalue weighted by molar-refractivity contribution is 5.03. The maximum Gasteiger partial charge on any atom is 0.330 e. The van der Waals surface area contributed by atoms with E-state index in [9.17, 15) is 14.7 Å². The highest BCUT2D eigenvalue weighted by Crippen LogP contribution is 2.30. The average molecular weight is 272 g/mol. The third-order valence-electron chi connectivity index (χ3n) is 3.18. The topological polar surface area (TPSA) is 114 Å². The Labute approximate surface area is 108 Å². The zero-order valence-electron chi connectivity index (χ0n) is 10.6. The first-order valence-corrected chi connectivity index (χ1v) is 5.78. The van der Waals surface area contributed by atoms with Crippen molar-refractivity contribution in [2.24, 2.45) is 0 Å². The molecule has 0 bridgehead atoms. The number of methoxy groups -OCH3 is 1. The molecule has 0 aromatic carbocycles. The van der Waals surface area contributed by atoms with E-state index in [-0.39, 0.29) is 0 Å². The summed E-state index contributed by atoms with van der Waals surface area (Å²) < 4.78 is 11.7. The number of aromatic nitrogens is 2. The molecule has 1 aliphatic rings. The molecule has 2 rings (SSSR count). The second-order valence-corrected chi connectivity index (χ2v) is 4.42. The van der Waals surface area contributed by atoms with E-state index in [2.05, 4.69) is 4.98 Å². The molecule has 3 N–H and O–H groups in total. The van der Waals surface area contributed by atoms with E-state index in [4.69, 9.17) is 14.6 Å². The molecule has 0 amide bonds. The maximum absolute atomic E-state index is 11.8. The second kappa shape index (κ2) is 5.25. The molecule has 1 saturated heterocycles. The highest BCUT2D eigenvalue weighted by atomic mass is 16.6. The van der Waals surface area contributed by atoms with Gasteiger partial charge in [-0.25, -0.2) is 4.79 Å². The summed E-state index contributed by atoms with van der Waals surface area (Å²) in [6.45, 7) is 1.15. The monoisotopic (exact) mass is 272 g/mol. The van der Waals surface area contributed by atoms with Gasteiger partial charge >= 0.3 is 5.69 Å². The minimum Gasteiger partial charge on any atom is -0.394 e. The molecule has 0 radical (unpaired) electrons. The summed E-state index contributed by atoms with van der Waals surface area (Å²) in [5.74, 6) is 0. The van der Waals surface area contributed by atoms with E-state index in [1.165, 1.54) is 13.3 Å². The molecule has 0 aliphatic carbocycles. The molecule has 2 heterocycles. The number of hydrogen-bond acceptors (Lipinski definition) is 6. The van der Waals surface area contributed by atoms with Crippen LogP contribution in [0.3, 0.4) is 0 Å². The Morgan fingerprint density at radius 2 is 2.21 bits per heavy atom. The van der Waals surface area contributed by atoms with Crippen LogP contribution in [-0.4, -0.2) is 51.8 Å². The number of nitrogens with one attached hydrogen (secondary N) is 1. The molecule has 1 aliphatic heterocycles. The van der Waals surface area contributed by atoms with E-state index in [1.54, 1.807) is 6.92 Å². The smallest absolute Gasteiger partial charge is 0.330 e. The third-order valence-corrected chi connectivity index (χ3v) is 3.18. The van der Waals surface area contributed by atoms with Gasteiger partial charge in [-0.2, -0.15) is 0 Å². The van der Waals surface area contributed by atoms with Gasteiger partial charge in [0.1, 0.15) is 18.3 Å². The van der Waals surface area contributed by atoms with E-state index in [0.717, 1.165) is 4.57 Å². The van der Waals surface area contributed by atoms with Gasteiger partial charge in [0, 0.05) is 18.9 Å². The first kappa shape index (κ1) is 13.9. The Hall–Kier alpha value is -1.48. The first-order valence-electron chi connectivity index (χ1n) is 5.78. The van der Waals surface area contributed by atoms with E-state index in [1.807, 2.05) is 0 Å². The van der Waals surface area contributed by atoms with Gasteiger partial charge in [-0.1, -0.05) is 0 Å². The van der Waals surface area contributed by atoms with Gasteiger partial charge in [0.2, 0.25) is 0 Å². The number of aliphatic hydroxyl groups is 2. The fraction of sp³-hybridized carbons (Fsp3) is 0.636. The number of aromatic amines is 1. The van der Waals surface area contributed by atoms with Crippen LogP contribution in [0.1, 0.15) is 11.8 Å². The van der Waals surface area contributed by atoms with Crippen LogP contribution in [0, 0.1) is 6.92 Å². The molecule has 1 aromatic heterocycles. The Bertz CT molecular complexity index is 565. The van der Waals surface area contributed by atoms with Crippen molar-refractivity contribution in [1.82, 2.24) is 9.55 Å². The summed E-state index contributed by atoms with van der Waals surface area (Å²) in [7, 11) is 1.37. The van der Waals surface area contributed by atoms with E-state index in [0.29, 0.717) is 5.56 Å². The fourth-order valence-corrected chi connectivity index (χ4v) is 2.12. The standard InChI is InChI=1S/C11H16N2O6/c1-5-3-13(11(17)12-9(5)16)10-8(18-2)7(15)6(4-14)19-10/h3,6-8,10,14-15H,4H2,1-2H3,(H,12,16,17)/t6-,7-,8+,10+/m1/s1. The molecular weight excluding hydrogens is 256 g/mol. The minimum atomic E-state index is -1.06. The summed E-state index contributed by atoms with van der Waals surface area (Å²) in [5.41, 5.74) is -0.805. The number of H-pyrrole nitrogens is 1. The molecule has 1 aromatic rings. The van der Waals surface area contributed by atoms with Gasteiger partial charge in [0.15, 0.2) is 6.23 Å². The van der Waals surface area contributed by atoms with Crippen molar-refractivity contribution < 1.29 is 19.7 Å². The largest absolute Gasteiger partial charge is 0.394 e. The molecule has 0 spiro atoms. The summed E-state index contributed by atoms with van der Waals surface area (Å²) in [6.07, 6.45) is -2.27. The average Bonchev–Trinajstić information content (AvgIpc) is 2.70. The fourth-order valence-electron chi connectivity index (χ4n) is 2.12. The highest BCUT2D eigenvalue weighted by Gasteiger charge is 2.45. The first-order chi connectivity index (χ1) is 8.99. The quantitative estimate of drug-likeness (QED) is 0.593. The summed E-state index contributed by atoms with van der Waals surface area (Å²) in [5, 5.41) is 19.0. The van der Waals surface area contributed by atoms with Crippen LogP contribution in [0.15, 0.2) is 15.8 Å². The molecule has 0 unspecified atom stereocenters. The molecule has 0 saturated carbocycles. The van der Waals surface area contributed by atoms with Crippen LogP contribution in [-0.2, 0) is 9.47 Å². The molecule has 8 heteroatoms. The lowest BCUT2D eigenvalue weighted by atomic mass is 10.1. The van der Waals surface area contributed by atoms with Crippen molar-refractivity contribution in [2.45, 2.75) is 31.5 Å². The van der Waals surface area contributed by atoms with Gasteiger partial charge in [-0.05, 0) is 6.92 Å². The Morgan fingerprint density at radius 1 is 1.53 bits per heavy atom. The number of rotatable bonds is 3. The van der Waals surface area contributed by atoms with Crippen molar-refractivity contribution in [2.75, 3.05) is 13.7 Å². The lowest BCUT2D eigenvalue weighted by Crippen LogP contribution is -2.39. The zero-order chi connectivity index (χ0) is 14.2. The Morgan fingerprint density at radius 3 is 2.79 bits per heavy atom. The van der Waals surface area contributed by atoms with Crippen LogP contribution < -0.4 is 11.2 Å². The summed E-state index contributed by atoms with van der Waals surface area (Å²) >= 11 is 0. The number of hydrogen-bond donors (Lipinski definition) is 3. The second-order valence-electron chi connectivity index (χ2n) is 4.42. The van der Waals surface area contributed by atoms with Crippen molar-refractivity contribution in [3.05, 3.63) is 32.6 Å². The summed E-state index contributed by atoms with van der Waals surface area (Å²) in [6, 6.07) is 0. The van der Waals surface area contributed by atoms with Crippen LogP contribution in [0.5, 0.6) is 0 Å². The van der Waals surface area contributed by atoms with Crippen LogP contribution in [0.2, 0.25) is 0 Å². The zero-order valence-corrected chi connectivity index (χ0v) is 10.6. The lowest BCUT2D eigenvalue weighted by Gasteiger charge is -2.20. The molecule has 106 valence electrons. The van der Waals surface area contributed by atoms with Crippen molar-refractivity contribution in [3.63, 3.8) is 0 Å².